The molecule has 1 saturated heterocycles. The number of nitrogens with one attached hydrogen (secondary N) is 4. The van der Waals surface area contributed by atoms with Crippen molar-refractivity contribution < 1.29 is 57.9 Å². The first-order valence-corrected chi connectivity index (χ1v) is 19.1. The number of benzene rings is 1. The Morgan fingerprint density at radius 2 is 1.55 bits per heavy atom. The molecule has 0 spiro atoms. The normalized spacial score (nSPS) is 12.8. The minimum atomic E-state index is -1.11. The van der Waals surface area contributed by atoms with Crippen molar-refractivity contribution in [1.29, 1.82) is 0 Å². The number of amides is 6. The van der Waals surface area contributed by atoms with Gasteiger partial charge in [0.05, 0.1) is 37.9 Å². The molecular formula is C36H52N6O12S. The molecular weight excluding hydrogens is 740 g/mol. The van der Waals surface area contributed by atoms with E-state index >= 15 is 0 Å². The van der Waals surface area contributed by atoms with Crippen molar-refractivity contribution in [3.63, 3.8) is 0 Å². The number of rotatable bonds is 27. The number of ether oxygens (including phenoxy) is 4. The Balaban J connectivity index is 1.45. The van der Waals surface area contributed by atoms with E-state index in [0.29, 0.717) is 58.1 Å². The Morgan fingerprint density at radius 1 is 0.873 bits per heavy atom. The monoisotopic (exact) mass is 792 g/mol. The van der Waals surface area contributed by atoms with Crippen LogP contribution < -0.4 is 21.3 Å². The lowest BCUT2D eigenvalue weighted by Gasteiger charge is -2.28. The Hall–Kier alpha value is -4.69. The van der Waals surface area contributed by atoms with Gasteiger partial charge in [-0.3, -0.25) is 38.2 Å². The van der Waals surface area contributed by atoms with Gasteiger partial charge in [-0.25, -0.2) is 0 Å². The van der Waals surface area contributed by atoms with Crippen LogP contribution in [0.1, 0.15) is 38.2 Å². The quantitative estimate of drug-likeness (QED) is 0.0412. The third-order valence-electron chi connectivity index (χ3n) is 8.03. The van der Waals surface area contributed by atoms with Gasteiger partial charge in [0, 0.05) is 70.1 Å². The molecule has 2 heterocycles. The Labute approximate surface area is 323 Å². The number of aryl methyl sites for hydroxylation is 1. The lowest BCUT2D eigenvalue weighted by Crippen LogP contribution is -2.50. The minimum Gasteiger partial charge on any atom is -0.494 e. The Kier molecular flexibility index (Phi) is 20.0. The van der Waals surface area contributed by atoms with Crippen LogP contribution >= 0.6 is 11.8 Å². The average molecular weight is 793 g/mol. The highest BCUT2D eigenvalue weighted by Gasteiger charge is 2.29. The van der Waals surface area contributed by atoms with Crippen molar-refractivity contribution in [1.82, 2.24) is 25.4 Å². The van der Waals surface area contributed by atoms with Gasteiger partial charge in [0.2, 0.25) is 41.3 Å². The Morgan fingerprint density at radius 3 is 2.18 bits per heavy atom. The molecule has 304 valence electrons. The lowest BCUT2D eigenvalue weighted by atomic mass is 10.1. The van der Waals surface area contributed by atoms with Crippen LogP contribution in [0, 0.1) is 0 Å². The summed E-state index contributed by atoms with van der Waals surface area (Å²) in [6, 6.07) is 7.02. The molecule has 1 aliphatic rings. The maximum absolute atomic E-state index is 13.1. The van der Waals surface area contributed by atoms with Crippen molar-refractivity contribution in [3.05, 3.63) is 35.9 Å². The molecule has 0 saturated carbocycles. The summed E-state index contributed by atoms with van der Waals surface area (Å²) in [7, 11) is 1.47. The molecule has 1 aromatic carbocycles. The second-order valence-corrected chi connectivity index (χ2v) is 13.3. The highest BCUT2D eigenvalue weighted by atomic mass is 32.2. The van der Waals surface area contributed by atoms with Crippen LogP contribution in [-0.2, 0) is 60.7 Å². The van der Waals surface area contributed by atoms with Crippen LogP contribution in [-0.4, -0.2) is 140 Å². The molecule has 0 radical (unpaired) electrons. The van der Waals surface area contributed by atoms with Gasteiger partial charge in [0.1, 0.15) is 19.3 Å². The van der Waals surface area contributed by atoms with Gasteiger partial charge in [-0.15, -0.1) is 11.8 Å². The number of aromatic nitrogens is 1. The molecule has 1 fully saturated rings. The zero-order valence-electron chi connectivity index (χ0n) is 31.3. The number of aromatic hydroxyl groups is 2. The van der Waals surface area contributed by atoms with Crippen molar-refractivity contribution in [2.45, 2.75) is 56.5 Å². The van der Waals surface area contributed by atoms with Crippen molar-refractivity contribution in [3.8, 4) is 11.8 Å². The first-order chi connectivity index (χ1) is 26.5. The standard InChI is InChI=1S/C36H52N6O12S/c1-3-15-51-17-19-53-20-18-52-16-12-38-35(49)27(24-55-28-21-34(48)42(36(28)50)13-10-29(43)37-2)40-31(45)23-54-22-30(44)39-26-7-4-25(5-8-26)6-9-32(46)41-14-11-33(41)47/h4-5,7-8,21,27,48,50H,3,6,9-20,22-24H2,1-2H3,(H,37,43)(H,38,49)(H,39,44)(H,40,45)/t27-/m1/s1. The van der Waals surface area contributed by atoms with Crippen LogP contribution in [0.5, 0.6) is 11.8 Å². The average Bonchev–Trinajstić information content (AvgIpc) is 3.44. The highest BCUT2D eigenvalue weighted by Crippen LogP contribution is 2.36. The van der Waals surface area contributed by atoms with E-state index in [1.807, 2.05) is 6.92 Å². The summed E-state index contributed by atoms with van der Waals surface area (Å²) < 4.78 is 22.7. The molecule has 55 heavy (non-hydrogen) atoms. The summed E-state index contributed by atoms with van der Waals surface area (Å²) in [5.41, 5.74) is 1.33. The molecule has 3 rings (SSSR count). The summed E-state index contributed by atoms with van der Waals surface area (Å²) in [6.07, 6.45) is 1.99. The Bertz CT molecular complexity index is 1570. The van der Waals surface area contributed by atoms with Crippen molar-refractivity contribution >= 4 is 52.9 Å². The molecule has 1 aromatic heterocycles. The number of nitrogens with zero attached hydrogens (tertiary/aromatic N) is 2. The molecule has 0 unspecified atom stereocenters. The fourth-order valence-electron chi connectivity index (χ4n) is 4.97. The SMILES string of the molecule is CCCOCCOCCOCCNC(=O)[C@@H](CSc1cc(O)n(CCC(=O)NC)c1O)NC(=O)COCC(=O)Nc1ccc(CCC(=O)N2CCC2=O)cc1. The molecule has 1 aliphatic heterocycles. The molecule has 19 heteroatoms. The maximum Gasteiger partial charge on any atom is 0.250 e. The van der Waals surface area contributed by atoms with Crippen molar-refractivity contribution in [2.75, 3.05) is 84.1 Å². The van der Waals surface area contributed by atoms with E-state index in [-0.39, 0.29) is 72.7 Å². The van der Waals surface area contributed by atoms with Crippen LogP contribution in [0.4, 0.5) is 5.69 Å². The fraction of sp³-hybridized carbons (Fsp3) is 0.556. The molecule has 18 nitrogen and oxygen atoms in total. The van der Waals surface area contributed by atoms with Gasteiger partial charge in [-0.1, -0.05) is 19.1 Å². The second kappa shape index (κ2) is 24.7. The number of β-lactam (4-membered cyclic amide) rings is 1. The number of carbonyl (C=O) groups excluding carboxylic acids is 6. The predicted molar refractivity (Wildman–Crippen MR) is 200 cm³/mol. The van der Waals surface area contributed by atoms with E-state index in [1.54, 1.807) is 24.3 Å². The van der Waals surface area contributed by atoms with E-state index in [1.165, 1.54) is 18.0 Å². The van der Waals surface area contributed by atoms with Gasteiger partial charge < -0.3 is 50.4 Å². The minimum absolute atomic E-state index is 0.0103. The van der Waals surface area contributed by atoms with Crippen LogP contribution in [0.3, 0.4) is 0 Å². The largest absolute Gasteiger partial charge is 0.494 e. The summed E-state index contributed by atoms with van der Waals surface area (Å²) in [5.74, 6) is -3.04. The summed E-state index contributed by atoms with van der Waals surface area (Å²) >= 11 is 0.998. The zero-order chi connectivity index (χ0) is 40.0. The maximum atomic E-state index is 13.1. The number of thioether (sulfide) groups is 1. The van der Waals surface area contributed by atoms with E-state index in [0.717, 1.165) is 28.3 Å². The molecule has 1 atom stereocenters. The number of likely N-dealkylation sites (tertiary alicyclic amines) is 1. The van der Waals surface area contributed by atoms with E-state index in [4.69, 9.17) is 18.9 Å². The topological polar surface area (TPSA) is 236 Å². The molecule has 0 bridgehead atoms. The van der Waals surface area contributed by atoms with Crippen LogP contribution in [0.2, 0.25) is 0 Å². The van der Waals surface area contributed by atoms with Crippen LogP contribution in [0.15, 0.2) is 35.2 Å². The first-order valence-electron chi connectivity index (χ1n) is 18.1. The second-order valence-electron chi connectivity index (χ2n) is 12.3. The smallest absolute Gasteiger partial charge is 0.250 e. The summed E-state index contributed by atoms with van der Waals surface area (Å²) in [6.45, 7) is 4.09. The number of hydrogen-bond donors (Lipinski definition) is 6. The first kappa shape index (κ1) is 44.7. The fourth-order valence-corrected chi connectivity index (χ4v) is 5.98. The van der Waals surface area contributed by atoms with E-state index in [2.05, 4.69) is 21.3 Å². The third kappa shape index (κ3) is 16.3. The predicted octanol–water partition coefficient (Wildman–Crippen LogP) is 0.535. The number of hydrogen-bond acceptors (Lipinski definition) is 13. The van der Waals surface area contributed by atoms with Crippen molar-refractivity contribution in [2.24, 2.45) is 0 Å². The van der Waals surface area contributed by atoms with Gasteiger partial charge in [-0.05, 0) is 30.5 Å². The summed E-state index contributed by atoms with van der Waals surface area (Å²) in [4.78, 5) is 75.1. The van der Waals surface area contributed by atoms with Crippen LogP contribution in [0.25, 0.3) is 0 Å². The van der Waals surface area contributed by atoms with Gasteiger partial charge in [-0.2, -0.15) is 0 Å². The lowest BCUT2D eigenvalue weighted by molar-refractivity contribution is -0.152. The molecule has 2 aromatic rings. The molecule has 0 aliphatic carbocycles. The van der Waals surface area contributed by atoms with E-state index in [9.17, 15) is 39.0 Å². The number of imide groups is 1. The molecule has 6 N–H and O–H groups in total. The zero-order valence-corrected chi connectivity index (χ0v) is 32.1. The van der Waals surface area contributed by atoms with E-state index < -0.39 is 37.0 Å². The van der Waals surface area contributed by atoms with Gasteiger partial charge in [0.15, 0.2) is 5.88 Å². The van der Waals surface area contributed by atoms with Gasteiger partial charge in [0.25, 0.3) is 0 Å². The summed E-state index contributed by atoms with van der Waals surface area (Å²) in [5, 5.41) is 31.4. The number of anilines is 1. The highest BCUT2D eigenvalue weighted by molar-refractivity contribution is 7.99. The third-order valence-corrected chi connectivity index (χ3v) is 9.14. The molecule has 6 amide bonds. The number of carbonyl (C=O) groups is 6. The van der Waals surface area contributed by atoms with Gasteiger partial charge >= 0.3 is 0 Å².